The number of alkyl carbamates (subject to hydrolysis) is 1. The maximum atomic E-state index is 14.3. The predicted octanol–water partition coefficient (Wildman–Crippen LogP) is 6.76. The number of ether oxygens (including phenoxy) is 7. The molecule has 6 N–H and O–H groups in total. The van der Waals surface area contributed by atoms with E-state index in [4.69, 9.17) is 38.9 Å². The first-order chi connectivity index (χ1) is 40.4. The van der Waals surface area contributed by atoms with Crippen LogP contribution in [0.25, 0.3) is 0 Å². The molecular formula is C62H104N6O17Si. The third kappa shape index (κ3) is 32.5. The van der Waals surface area contributed by atoms with E-state index in [0.717, 1.165) is 21.4 Å². The number of carbonyl (C=O) groups excluding carboxylic acids is 8. The van der Waals surface area contributed by atoms with Crippen LogP contribution in [0.3, 0.4) is 0 Å². The van der Waals surface area contributed by atoms with E-state index in [1.54, 1.807) is 58.0 Å². The molecule has 0 aliphatic heterocycles. The molecule has 23 nitrogen and oxygen atoms in total. The fourth-order valence-electron chi connectivity index (χ4n) is 8.36. The molecule has 1 rings (SSSR count). The monoisotopic (exact) mass is 1230 g/mol. The Kier molecular flexibility index (Phi) is 37.8. The topological polar surface area (TPSA) is 307 Å². The molecule has 1 aromatic rings. The number of carbonyl (C=O) groups is 9. The summed E-state index contributed by atoms with van der Waals surface area (Å²) in [6, 6.07) is 2.79. The van der Waals surface area contributed by atoms with E-state index in [1.165, 1.54) is 21.0 Å². The molecule has 1 unspecified atom stereocenters. The molecule has 5 amide bonds. The average Bonchev–Trinajstić information content (AvgIpc) is 3.05. The van der Waals surface area contributed by atoms with E-state index in [2.05, 4.69) is 35.6 Å². The lowest BCUT2D eigenvalue weighted by atomic mass is 9.93. The summed E-state index contributed by atoms with van der Waals surface area (Å²) in [6.45, 7) is 26.9. The normalized spacial score (nSPS) is 14.7. The Morgan fingerprint density at radius 1 is 0.767 bits per heavy atom. The van der Waals surface area contributed by atoms with Crippen molar-refractivity contribution < 1.29 is 81.4 Å². The summed E-state index contributed by atoms with van der Waals surface area (Å²) in [7, 11) is 1.48. The van der Waals surface area contributed by atoms with E-state index >= 15 is 0 Å². The van der Waals surface area contributed by atoms with Crippen LogP contribution in [0.15, 0.2) is 47.6 Å². The van der Waals surface area contributed by atoms with Crippen LogP contribution in [0.1, 0.15) is 126 Å². The molecule has 0 radical (unpaired) electrons. The molecule has 0 heterocycles. The maximum Gasteiger partial charge on any atom is 0.407 e. The van der Waals surface area contributed by atoms with Gasteiger partial charge in [-0.1, -0.05) is 85.0 Å². The Morgan fingerprint density at radius 2 is 1.37 bits per heavy atom. The number of allylic oxidation sites excluding steroid dienone is 2. The first-order valence-corrected chi connectivity index (χ1v) is 33.9. The van der Waals surface area contributed by atoms with E-state index in [-0.39, 0.29) is 42.4 Å². The van der Waals surface area contributed by atoms with Crippen LogP contribution in [0.2, 0.25) is 25.7 Å². The van der Waals surface area contributed by atoms with Gasteiger partial charge in [0, 0.05) is 60.3 Å². The molecule has 86 heavy (non-hydrogen) atoms. The highest BCUT2D eigenvalue weighted by Crippen LogP contribution is 2.23. The Morgan fingerprint density at radius 3 is 1.93 bits per heavy atom. The van der Waals surface area contributed by atoms with E-state index < -0.39 is 111 Å². The third-order valence-electron chi connectivity index (χ3n) is 14.1. The van der Waals surface area contributed by atoms with E-state index in [1.807, 2.05) is 40.7 Å². The minimum absolute atomic E-state index is 0.0887. The number of likely N-dealkylation sites (N-methyl/N-ethyl adjacent to an activating group) is 2. The van der Waals surface area contributed by atoms with E-state index in [9.17, 15) is 48.3 Å². The molecule has 1 aromatic carbocycles. The Labute approximate surface area is 511 Å². The van der Waals surface area contributed by atoms with Crippen LogP contribution < -0.4 is 26.4 Å². The number of carboxylic acid groups (broad SMARTS) is 1. The maximum absolute atomic E-state index is 14.3. The molecular weight excluding hydrogens is 1130 g/mol. The summed E-state index contributed by atoms with van der Waals surface area (Å²) in [4.78, 5) is 120. The van der Waals surface area contributed by atoms with Crippen molar-refractivity contribution in [1.82, 2.24) is 25.8 Å². The van der Waals surface area contributed by atoms with Gasteiger partial charge in [0.25, 0.3) is 5.91 Å². The number of nitrogens with one attached hydrogen (secondary N) is 3. The number of esters is 3. The number of amides is 5. The minimum Gasteiger partial charge on any atom is -0.480 e. The molecule has 8 atom stereocenters. The molecule has 0 fully saturated rings. The van der Waals surface area contributed by atoms with Crippen molar-refractivity contribution in [2.45, 2.75) is 189 Å². The van der Waals surface area contributed by atoms with Crippen LogP contribution in [0, 0.1) is 17.8 Å². The zero-order valence-electron chi connectivity index (χ0n) is 54.0. The van der Waals surface area contributed by atoms with Gasteiger partial charge in [0.1, 0.15) is 36.0 Å². The smallest absolute Gasteiger partial charge is 0.407 e. The number of nitrogens with two attached hydrogens (primary N) is 1. The molecule has 0 saturated heterocycles. The quantitative estimate of drug-likeness (QED) is 0.00858. The highest BCUT2D eigenvalue weighted by atomic mass is 28.3. The molecule has 0 saturated carbocycles. The summed E-state index contributed by atoms with van der Waals surface area (Å²) in [6.07, 6.45) is 4.73. The third-order valence-corrected chi connectivity index (χ3v) is 15.8. The first kappa shape index (κ1) is 77.8. The second-order valence-electron chi connectivity index (χ2n) is 23.6. The molecule has 488 valence electrons. The van der Waals surface area contributed by atoms with Gasteiger partial charge in [-0.2, -0.15) is 0 Å². The molecule has 0 spiro atoms. The van der Waals surface area contributed by atoms with Gasteiger partial charge >= 0.3 is 30.0 Å². The number of nitrogens with zero attached hydrogens (tertiary/aromatic N) is 2. The fraction of sp³-hybridized carbons (Fsp3) is 0.694. The molecule has 0 aromatic heterocycles. The van der Waals surface area contributed by atoms with Crippen LogP contribution in [-0.2, 0) is 73.2 Å². The Balaban J connectivity index is 2.98. The standard InChI is InChI=1S/C62H104N6O17Si/c1-16-42(5)54(59(74)75)66-52(69)40-67(11)58(73)50(39-48-25-27-49(28-26-48)83-53(70)24-18-19-30-79-32-34-81-35-33-80-31-21-29-64-62(78)82-36-37-86(13,14)15)68(12)57(72)47(10)65-56(71)51(38-41(3)4)84-60(76)45(8)23-20-22-44(7)55(43(6)17-2)85-61(77)46(9)63/h17,23,25-28,41-42,44,46-47,50-51,54-55H,16,18-22,24,29-40,63H2,1-15H3,(H,64,78)(H,65,71)(H,66,69)(H,74,75)/b43-17+,45-23+/t42?,44-,46+,47-,50+,51+,54-,55+/m0/s1. The summed E-state index contributed by atoms with van der Waals surface area (Å²) in [5.41, 5.74) is 7.40. The Bertz CT molecular complexity index is 2340. The van der Waals surface area contributed by atoms with Crippen molar-refractivity contribution >= 4 is 61.7 Å². The van der Waals surface area contributed by atoms with Gasteiger partial charge in [0.2, 0.25) is 17.7 Å². The van der Waals surface area contributed by atoms with Crippen molar-refractivity contribution in [3.05, 3.63) is 53.1 Å². The van der Waals surface area contributed by atoms with Crippen molar-refractivity contribution in [3.63, 3.8) is 0 Å². The number of rotatable bonds is 43. The van der Waals surface area contributed by atoms with Gasteiger partial charge in [-0.05, 0) is 120 Å². The van der Waals surface area contributed by atoms with Crippen molar-refractivity contribution in [2.24, 2.45) is 23.5 Å². The second kappa shape index (κ2) is 41.8. The lowest BCUT2D eigenvalue weighted by Crippen LogP contribution is -2.56. The predicted molar refractivity (Wildman–Crippen MR) is 329 cm³/mol. The summed E-state index contributed by atoms with van der Waals surface area (Å²) in [5, 5.41) is 17.7. The first-order valence-electron chi connectivity index (χ1n) is 30.2. The summed E-state index contributed by atoms with van der Waals surface area (Å²) >= 11 is 0. The summed E-state index contributed by atoms with van der Waals surface area (Å²) < 4.78 is 38.9. The SMILES string of the molecule is C/C=C(\C)[C@@H](OC(=O)[C@@H](C)N)[C@@H](C)CC/C=C(\C)C(=O)O[C@H](CC(C)C)C(=O)N[C@@H](C)C(=O)N(C)[C@H](Cc1ccc(OC(=O)CCCCOCCOCCOCCCNC(=O)OCC[Si](C)(C)C)cc1)C(=O)N(C)CC(=O)N[C@H](C(=O)O)C(C)CC. The van der Waals surface area contributed by atoms with Crippen molar-refractivity contribution in [2.75, 3.05) is 73.4 Å². The minimum atomic E-state index is -1.29. The lowest BCUT2D eigenvalue weighted by molar-refractivity contribution is -0.154. The largest absolute Gasteiger partial charge is 0.480 e. The zero-order chi connectivity index (χ0) is 65.1. The van der Waals surface area contributed by atoms with Gasteiger partial charge in [0.05, 0.1) is 39.6 Å². The fourth-order valence-corrected chi connectivity index (χ4v) is 9.07. The van der Waals surface area contributed by atoms with Crippen molar-refractivity contribution in [3.8, 4) is 5.75 Å². The number of hydrogen-bond acceptors (Lipinski definition) is 17. The molecule has 0 aliphatic rings. The van der Waals surface area contributed by atoms with Crippen LogP contribution in [0.5, 0.6) is 5.75 Å². The summed E-state index contributed by atoms with van der Waals surface area (Å²) in [5.74, 6) is -6.16. The molecule has 0 aliphatic carbocycles. The number of carboxylic acids is 1. The van der Waals surface area contributed by atoms with Gasteiger partial charge in [0.15, 0.2) is 6.10 Å². The second-order valence-corrected chi connectivity index (χ2v) is 29.3. The van der Waals surface area contributed by atoms with Crippen LogP contribution >= 0.6 is 0 Å². The van der Waals surface area contributed by atoms with Gasteiger partial charge in [-0.15, -0.1) is 0 Å². The lowest BCUT2D eigenvalue weighted by Gasteiger charge is -2.33. The van der Waals surface area contributed by atoms with E-state index in [0.29, 0.717) is 96.9 Å². The van der Waals surface area contributed by atoms with Gasteiger partial charge in [-0.25, -0.2) is 14.4 Å². The number of benzene rings is 1. The number of unbranched alkanes of at least 4 members (excludes halogenated alkanes) is 1. The van der Waals surface area contributed by atoms with Crippen LogP contribution in [-0.4, -0.2) is 186 Å². The van der Waals surface area contributed by atoms with Crippen molar-refractivity contribution in [1.29, 1.82) is 0 Å². The number of aliphatic carboxylic acids is 1. The highest BCUT2D eigenvalue weighted by molar-refractivity contribution is 6.76. The van der Waals surface area contributed by atoms with Gasteiger partial charge in [-0.3, -0.25) is 28.8 Å². The number of hydrogen-bond donors (Lipinski definition) is 5. The van der Waals surface area contributed by atoms with Crippen LogP contribution in [0.4, 0.5) is 4.79 Å². The molecule has 24 heteroatoms. The van der Waals surface area contributed by atoms with Gasteiger partial charge < -0.3 is 69.7 Å². The highest BCUT2D eigenvalue weighted by Gasteiger charge is 2.35. The average molecular weight is 1230 g/mol. The molecule has 0 bridgehead atoms. The zero-order valence-corrected chi connectivity index (χ0v) is 55.0. The Hall–Kier alpha value is -6.21.